The van der Waals surface area contributed by atoms with Crippen molar-refractivity contribution in [3.05, 3.63) is 59.1 Å². The number of carbonyl (C=O) groups is 3. The van der Waals surface area contributed by atoms with E-state index >= 15 is 0 Å². The van der Waals surface area contributed by atoms with Gasteiger partial charge in [0.05, 0.1) is 6.21 Å². The second kappa shape index (κ2) is 11.5. The molecule has 0 aliphatic rings. The molecule has 0 heterocycles. The molecule has 0 aliphatic heterocycles. The van der Waals surface area contributed by atoms with Crippen LogP contribution in [0, 0.1) is 0 Å². The molecule has 9 heteroatoms. The van der Waals surface area contributed by atoms with Crippen LogP contribution in [0.4, 0.5) is 5.69 Å². The Bertz CT molecular complexity index is 902. The maximum atomic E-state index is 12.0. The molecule has 152 valence electrons. The summed E-state index contributed by atoms with van der Waals surface area (Å²) < 4.78 is 5.46. The molecule has 0 radical (unpaired) electrons. The first-order chi connectivity index (χ1) is 14.0. The van der Waals surface area contributed by atoms with Gasteiger partial charge in [-0.1, -0.05) is 36.7 Å². The highest BCUT2D eigenvalue weighted by Gasteiger charge is 2.10. The minimum absolute atomic E-state index is 0.193. The number of nitrogens with zero attached hydrogens (tertiary/aromatic N) is 1. The van der Waals surface area contributed by atoms with Crippen LogP contribution >= 0.6 is 11.6 Å². The summed E-state index contributed by atoms with van der Waals surface area (Å²) >= 11 is 5.88. The normalized spacial score (nSPS) is 10.4. The number of carbonyl (C=O) groups excluding carboxylic acids is 3. The first-order valence-electron chi connectivity index (χ1n) is 8.87. The highest BCUT2D eigenvalue weighted by molar-refractivity contribution is 6.35. The Balaban J connectivity index is 1.83. The van der Waals surface area contributed by atoms with Crippen LogP contribution in [-0.2, 0) is 14.4 Å². The Kier molecular flexibility index (Phi) is 8.65. The molecule has 0 atom stereocenters. The minimum Gasteiger partial charge on any atom is -0.484 e. The zero-order valence-electron chi connectivity index (χ0n) is 15.8. The van der Waals surface area contributed by atoms with E-state index in [-0.39, 0.29) is 12.5 Å². The van der Waals surface area contributed by atoms with Crippen LogP contribution in [-0.4, -0.2) is 37.1 Å². The third kappa shape index (κ3) is 8.02. The lowest BCUT2D eigenvalue weighted by molar-refractivity contribution is -0.139. The van der Waals surface area contributed by atoms with Gasteiger partial charge in [-0.3, -0.25) is 14.4 Å². The third-order valence-corrected chi connectivity index (χ3v) is 3.69. The van der Waals surface area contributed by atoms with E-state index in [1.54, 1.807) is 48.5 Å². The number of anilines is 1. The van der Waals surface area contributed by atoms with E-state index in [2.05, 4.69) is 21.2 Å². The zero-order valence-corrected chi connectivity index (χ0v) is 16.5. The van der Waals surface area contributed by atoms with Crippen molar-refractivity contribution in [2.75, 3.05) is 18.5 Å². The van der Waals surface area contributed by atoms with Gasteiger partial charge in [-0.25, -0.2) is 5.43 Å². The molecular formula is C20H21ClN4O4. The Hall–Kier alpha value is -3.39. The molecule has 0 saturated carbocycles. The van der Waals surface area contributed by atoms with Gasteiger partial charge >= 0.3 is 11.8 Å². The van der Waals surface area contributed by atoms with Crippen LogP contribution in [0.1, 0.15) is 18.9 Å². The van der Waals surface area contributed by atoms with Crippen molar-refractivity contribution in [3.63, 3.8) is 0 Å². The van der Waals surface area contributed by atoms with Crippen molar-refractivity contribution < 1.29 is 19.1 Å². The molecule has 2 aromatic carbocycles. The summed E-state index contributed by atoms with van der Waals surface area (Å²) in [6, 6.07) is 13.5. The van der Waals surface area contributed by atoms with Gasteiger partial charge < -0.3 is 15.4 Å². The number of hydrazone groups is 1. The summed E-state index contributed by atoms with van der Waals surface area (Å²) in [6.45, 7) is 2.11. The second-order valence-electron chi connectivity index (χ2n) is 5.87. The summed E-state index contributed by atoms with van der Waals surface area (Å²) in [5.41, 5.74) is 3.34. The SMILES string of the molecule is CCCNC(=O)C(=O)N/N=C\c1cccc(OCC(=O)Nc2cccc(Cl)c2)c1. The van der Waals surface area contributed by atoms with Gasteiger partial charge in [-0.2, -0.15) is 5.10 Å². The van der Waals surface area contributed by atoms with Crippen LogP contribution < -0.4 is 20.8 Å². The molecule has 0 fully saturated rings. The van der Waals surface area contributed by atoms with Crippen molar-refractivity contribution in [3.8, 4) is 5.75 Å². The number of nitrogens with one attached hydrogen (secondary N) is 3. The van der Waals surface area contributed by atoms with E-state index in [0.717, 1.165) is 6.42 Å². The summed E-state index contributed by atoms with van der Waals surface area (Å²) in [5, 5.41) is 9.38. The first-order valence-corrected chi connectivity index (χ1v) is 9.25. The molecular weight excluding hydrogens is 396 g/mol. The Labute approximate surface area is 173 Å². The largest absolute Gasteiger partial charge is 0.484 e. The fraction of sp³-hybridized carbons (Fsp3) is 0.200. The highest BCUT2D eigenvalue weighted by Crippen LogP contribution is 2.15. The van der Waals surface area contributed by atoms with E-state index in [9.17, 15) is 14.4 Å². The fourth-order valence-corrected chi connectivity index (χ4v) is 2.32. The lowest BCUT2D eigenvalue weighted by atomic mass is 10.2. The van der Waals surface area contributed by atoms with Gasteiger partial charge in [0.15, 0.2) is 6.61 Å². The highest BCUT2D eigenvalue weighted by atomic mass is 35.5. The number of ether oxygens (including phenoxy) is 1. The van der Waals surface area contributed by atoms with E-state index in [1.807, 2.05) is 6.92 Å². The molecule has 29 heavy (non-hydrogen) atoms. The maximum absolute atomic E-state index is 12.0. The number of benzene rings is 2. The predicted molar refractivity (Wildman–Crippen MR) is 111 cm³/mol. The summed E-state index contributed by atoms with van der Waals surface area (Å²) in [4.78, 5) is 35.0. The molecule has 0 unspecified atom stereocenters. The molecule has 0 saturated heterocycles. The minimum atomic E-state index is -0.847. The molecule has 2 rings (SSSR count). The van der Waals surface area contributed by atoms with Crippen LogP contribution in [0.2, 0.25) is 5.02 Å². The zero-order chi connectivity index (χ0) is 21.1. The Morgan fingerprint density at radius 2 is 1.90 bits per heavy atom. The Morgan fingerprint density at radius 1 is 1.10 bits per heavy atom. The molecule has 3 amide bonds. The third-order valence-electron chi connectivity index (χ3n) is 3.46. The average Bonchev–Trinajstić information content (AvgIpc) is 2.70. The fourth-order valence-electron chi connectivity index (χ4n) is 2.13. The lowest BCUT2D eigenvalue weighted by Crippen LogP contribution is -2.38. The van der Waals surface area contributed by atoms with Crippen LogP contribution in [0.5, 0.6) is 5.75 Å². The van der Waals surface area contributed by atoms with Crippen LogP contribution in [0.3, 0.4) is 0 Å². The van der Waals surface area contributed by atoms with E-state index in [0.29, 0.717) is 28.6 Å². The average molecular weight is 417 g/mol. The Morgan fingerprint density at radius 3 is 2.66 bits per heavy atom. The maximum Gasteiger partial charge on any atom is 0.329 e. The van der Waals surface area contributed by atoms with Crippen LogP contribution in [0.25, 0.3) is 0 Å². The van der Waals surface area contributed by atoms with E-state index < -0.39 is 11.8 Å². The number of amides is 3. The summed E-state index contributed by atoms with van der Waals surface area (Å²) in [5.74, 6) is -1.48. The van der Waals surface area contributed by atoms with Crippen molar-refractivity contribution in [2.45, 2.75) is 13.3 Å². The standard InChI is InChI=1S/C20H21ClN4O4/c1-2-9-22-19(27)20(28)25-23-12-14-5-3-8-17(10-14)29-13-18(26)24-16-7-4-6-15(21)11-16/h3-8,10-12H,2,9,13H2,1H3,(H,22,27)(H,24,26)(H,25,28)/b23-12-. The van der Waals surface area contributed by atoms with Gasteiger partial charge in [0.1, 0.15) is 5.75 Å². The second-order valence-corrected chi connectivity index (χ2v) is 6.31. The number of hydrogen-bond acceptors (Lipinski definition) is 5. The topological polar surface area (TPSA) is 109 Å². The molecule has 0 aromatic heterocycles. The van der Waals surface area contributed by atoms with E-state index in [4.69, 9.17) is 16.3 Å². The van der Waals surface area contributed by atoms with Crippen LogP contribution in [0.15, 0.2) is 53.6 Å². The van der Waals surface area contributed by atoms with Gasteiger partial charge in [0, 0.05) is 17.3 Å². The van der Waals surface area contributed by atoms with Crippen molar-refractivity contribution in [1.29, 1.82) is 0 Å². The van der Waals surface area contributed by atoms with Gasteiger partial charge in [0.2, 0.25) is 0 Å². The van der Waals surface area contributed by atoms with Crippen molar-refractivity contribution in [1.82, 2.24) is 10.7 Å². The number of hydrogen-bond donors (Lipinski definition) is 3. The molecule has 2 aromatic rings. The molecule has 0 bridgehead atoms. The van der Waals surface area contributed by atoms with Gasteiger partial charge in [-0.15, -0.1) is 0 Å². The molecule has 8 nitrogen and oxygen atoms in total. The van der Waals surface area contributed by atoms with Gasteiger partial charge in [0.25, 0.3) is 5.91 Å². The number of rotatable bonds is 8. The molecule has 0 aliphatic carbocycles. The van der Waals surface area contributed by atoms with E-state index in [1.165, 1.54) is 6.21 Å². The van der Waals surface area contributed by atoms with Crippen molar-refractivity contribution in [2.24, 2.45) is 5.10 Å². The quantitative estimate of drug-likeness (QED) is 0.348. The predicted octanol–water partition coefficient (Wildman–Crippen LogP) is 2.33. The summed E-state index contributed by atoms with van der Waals surface area (Å²) in [7, 11) is 0. The lowest BCUT2D eigenvalue weighted by Gasteiger charge is -2.08. The monoisotopic (exact) mass is 416 g/mol. The molecule has 3 N–H and O–H groups in total. The van der Waals surface area contributed by atoms with Gasteiger partial charge in [-0.05, 0) is 42.3 Å². The van der Waals surface area contributed by atoms with Crippen molar-refractivity contribution >= 4 is 41.2 Å². The molecule has 0 spiro atoms. The summed E-state index contributed by atoms with van der Waals surface area (Å²) in [6.07, 6.45) is 2.09. The number of halogens is 1. The first kappa shape index (κ1) is 21.9. The smallest absolute Gasteiger partial charge is 0.329 e.